The van der Waals surface area contributed by atoms with Crippen LogP contribution in [0, 0.1) is 6.92 Å². The summed E-state index contributed by atoms with van der Waals surface area (Å²) in [6.45, 7) is 4.95. The third-order valence-corrected chi connectivity index (χ3v) is 4.15. The number of hydrogen-bond donors (Lipinski definition) is 1. The van der Waals surface area contributed by atoms with Crippen LogP contribution in [0.3, 0.4) is 0 Å². The van der Waals surface area contributed by atoms with E-state index in [1.165, 1.54) is 11.3 Å². The molecule has 0 amide bonds. The van der Waals surface area contributed by atoms with Crippen LogP contribution in [0.4, 0.5) is 0 Å². The first kappa shape index (κ1) is 13.8. The fourth-order valence-electron chi connectivity index (χ4n) is 1.90. The number of hydrogen-bond acceptors (Lipinski definition) is 3. The van der Waals surface area contributed by atoms with Crippen molar-refractivity contribution in [2.45, 2.75) is 19.9 Å². The lowest BCUT2D eigenvalue weighted by atomic mass is 10.0. The molecule has 0 fully saturated rings. The van der Waals surface area contributed by atoms with Crippen molar-refractivity contribution in [2.75, 3.05) is 6.54 Å². The van der Waals surface area contributed by atoms with E-state index in [1.54, 1.807) is 0 Å². The molecule has 2 heterocycles. The second-order valence-electron chi connectivity index (χ2n) is 4.07. The first-order valence-corrected chi connectivity index (χ1v) is 7.28. The second kappa shape index (κ2) is 6.02. The molecule has 2 aromatic heterocycles. The van der Waals surface area contributed by atoms with Gasteiger partial charge in [-0.3, -0.25) is 4.98 Å². The highest BCUT2D eigenvalue weighted by Gasteiger charge is 2.19. The van der Waals surface area contributed by atoms with Gasteiger partial charge in [0.2, 0.25) is 0 Å². The molecule has 18 heavy (non-hydrogen) atoms. The van der Waals surface area contributed by atoms with Gasteiger partial charge in [0.15, 0.2) is 0 Å². The zero-order valence-corrected chi connectivity index (χ0v) is 12.5. The lowest BCUT2D eigenvalue weighted by Gasteiger charge is -2.18. The van der Waals surface area contributed by atoms with Gasteiger partial charge >= 0.3 is 0 Å². The average Bonchev–Trinajstić information content (AvgIpc) is 2.65. The lowest BCUT2D eigenvalue weighted by Crippen LogP contribution is -2.22. The Kier molecular flexibility index (Phi) is 4.62. The molecule has 0 saturated carbocycles. The van der Waals surface area contributed by atoms with Gasteiger partial charge < -0.3 is 5.32 Å². The van der Waals surface area contributed by atoms with Gasteiger partial charge in [0.1, 0.15) is 0 Å². The number of rotatable bonds is 4. The summed E-state index contributed by atoms with van der Waals surface area (Å²) in [5.74, 6) is 0. The van der Waals surface area contributed by atoms with Crippen molar-refractivity contribution >= 4 is 34.5 Å². The Morgan fingerprint density at radius 2 is 2.11 bits per heavy atom. The molecule has 0 aliphatic rings. The Bertz CT molecular complexity index is 540. The summed E-state index contributed by atoms with van der Waals surface area (Å²) in [5, 5.41) is 3.42. The van der Waals surface area contributed by atoms with Crippen LogP contribution in [-0.2, 0) is 0 Å². The zero-order chi connectivity index (χ0) is 13.1. The molecule has 1 unspecified atom stereocenters. The summed E-state index contributed by atoms with van der Waals surface area (Å²) in [7, 11) is 0. The van der Waals surface area contributed by atoms with E-state index in [0.717, 1.165) is 27.6 Å². The smallest absolute Gasteiger partial charge is 0.0995 e. The fourth-order valence-corrected chi connectivity index (χ4v) is 3.43. The Labute approximate surface area is 121 Å². The molecule has 0 saturated heterocycles. The molecule has 1 atom stereocenters. The third-order valence-electron chi connectivity index (χ3n) is 2.63. The van der Waals surface area contributed by atoms with Crippen LogP contribution < -0.4 is 5.32 Å². The van der Waals surface area contributed by atoms with Gasteiger partial charge in [0.25, 0.3) is 0 Å². The first-order valence-electron chi connectivity index (χ1n) is 5.71. The summed E-state index contributed by atoms with van der Waals surface area (Å²) in [4.78, 5) is 4.24. The van der Waals surface area contributed by atoms with Crippen LogP contribution in [0.1, 0.15) is 29.7 Å². The van der Waals surface area contributed by atoms with Gasteiger partial charge in [-0.25, -0.2) is 0 Å². The lowest BCUT2D eigenvalue weighted by molar-refractivity contribution is 0.630. The van der Waals surface area contributed by atoms with Crippen molar-refractivity contribution < 1.29 is 0 Å². The van der Waals surface area contributed by atoms with Crippen LogP contribution in [0.2, 0.25) is 8.67 Å². The number of nitrogens with one attached hydrogen (secondary N) is 1. The Morgan fingerprint density at radius 1 is 1.33 bits per heavy atom. The van der Waals surface area contributed by atoms with Crippen LogP contribution in [0.5, 0.6) is 0 Å². The molecule has 0 aliphatic heterocycles. The maximum atomic E-state index is 6.24. The maximum Gasteiger partial charge on any atom is 0.0995 e. The standard InChI is InChI=1S/C13H14Cl2N2S/c1-3-17-12(9-4-8(2)6-16-7-9)10-5-11(14)18-13(10)15/h4-7,12,17H,3H2,1-2H3. The summed E-state index contributed by atoms with van der Waals surface area (Å²) in [6.07, 6.45) is 3.71. The van der Waals surface area contributed by atoms with E-state index in [-0.39, 0.29) is 6.04 Å². The summed E-state index contributed by atoms with van der Waals surface area (Å²) < 4.78 is 1.44. The SMILES string of the molecule is CCNC(c1cncc(C)c1)c1cc(Cl)sc1Cl. The van der Waals surface area contributed by atoms with Crippen molar-refractivity contribution in [1.82, 2.24) is 10.3 Å². The highest BCUT2D eigenvalue weighted by atomic mass is 35.5. The summed E-state index contributed by atoms with van der Waals surface area (Å²) in [6, 6.07) is 4.07. The monoisotopic (exact) mass is 300 g/mol. The first-order chi connectivity index (χ1) is 8.61. The molecule has 0 spiro atoms. The largest absolute Gasteiger partial charge is 0.306 e. The normalized spacial score (nSPS) is 12.7. The van der Waals surface area contributed by atoms with Crippen LogP contribution >= 0.6 is 34.5 Å². The average molecular weight is 301 g/mol. The van der Waals surface area contributed by atoms with Crippen molar-refractivity contribution in [2.24, 2.45) is 0 Å². The molecule has 5 heteroatoms. The zero-order valence-electron chi connectivity index (χ0n) is 10.2. The Morgan fingerprint density at radius 3 is 2.67 bits per heavy atom. The number of halogens is 2. The number of aromatic nitrogens is 1. The molecule has 2 rings (SSSR count). The van der Waals surface area contributed by atoms with E-state index in [1.807, 2.05) is 25.4 Å². The molecule has 0 bridgehead atoms. The molecular weight excluding hydrogens is 287 g/mol. The highest BCUT2D eigenvalue weighted by molar-refractivity contribution is 7.20. The van der Waals surface area contributed by atoms with Gasteiger partial charge in [-0.2, -0.15) is 0 Å². The minimum atomic E-state index is 0.0404. The van der Waals surface area contributed by atoms with E-state index in [4.69, 9.17) is 23.2 Å². The topological polar surface area (TPSA) is 24.9 Å². The Balaban J connectivity index is 2.42. The number of thiophene rings is 1. The minimum Gasteiger partial charge on any atom is -0.306 e. The second-order valence-corrected chi connectivity index (χ2v) is 6.35. The number of nitrogens with zero attached hydrogens (tertiary/aromatic N) is 1. The predicted molar refractivity (Wildman–Crippen MR) is 78.8 cm³/mol. The molecule has 2 aromatic rings. The van der Waals surface area contributed by atoms with Crippen LogP contribution in [0.25, 0.3) is 0 Å². The number of aryl methyl sites for hydroxylation is 1. The van der Waals surface area contributed by atoms with Gasteiger partial charge in [-0.1, -0.05) is 36.2 Å². The van der Waals surface area contributed by atoms with E-state index >= 15 is 0 Å². The minimum absolute atomic E-state index is 0.0404. The molecule has 2 nitrogen and oxygen atoms in total. The van der Waals surface area contributed by atoms with Gasteiger partial charge in [-0.15, -0.1) is 11.3 Å². The highest BCUT2D eigenvalue weighted by Crippen LogP contribution is 2.37. The molecule has 96 valence electrons. The summed E-state index contributed by atoms with van der Waals surface area (Å²) in [5.41, 5.74) is 3.25. The van der Waals surface area contributed by atoms with Gasteiger partial charge in [-0.05, 0) is 30.7 Å². The quantitative estimate of drug-likeness (QED) is 0.902. The van der Waals surface area contributed by atoms with Crippen LogP contribution in [0.15, 0.2) is 24.5 Å². The summed E-state index contributed by atoms with van der Waals surface area (Å²) >= 11 is 13.7. The molecule has 0 aromatic carbocycles. The van der Waals surface area contributed by atoms with Gasteiger partial charge in [0.05, 0.1) is 14.7 Å². The van der Waals surface area contributed by atoms with Crippen LogP contribution in [-0.4, -0.2) is 11.5 Å². The Hall–Kier alpha value is -0.610. The molecule has 1 N–H and O–H groups in total. The van der Waals surface area contributed by atoms with Crippen molar-refractivity contribution in [1.29, 1.82) is 0 Å². The van der Waals surface area contributed by atoms with Crippen molar-refractivity contribution in [3.63, 3.8) is 0 Å². The van der Waals surface area contributed by atoms with E-state index in [9.17, 15) is 0 Å². The molecule has 0 aliphatic carbocycles. The van der Waals surface area contributed by atoms with Crippen molar-refractivity contribution in [3.05, 3.63) is 49.9 Å². The van der Waals surface area contributed by atoms with E-state index < -0.39 is 0 Å². The third kappa shape index (κ3) is 3.04. The number of pyridine rings is 1. The van der Waals surface area contributed by atoms with E-state index in [0.29, 0.717) is 4.34 Å². The predicted octanol–water partition coefficient (Wildman–Crippen LogP) is 4.46. The fraction of sp³-hybridized carbons (Fsp3) is 0.308. The molecule has 0 radical (unpaired) electrons. The van der Waals surface area contributed by atoms with E-state index in [2.05, 4.69) is 23.3 Å². The molecular formula is C13H14Cl2N2S. The van der Waals surface area contributed by atoms with Crippen molar-refractivity contribution in [3.8, 4) is 0 Å². The van der Waals surface area contributed by atoms with Gasteiger partial charge in [0, 0.05) is 18.0 Å². The maximum absolute atomic E-state index is 6.24.